The number of hydrogen-bond donors (Lipinski definition) is 2. The number of nitrogens with one attached hydrogen (secondary N) is 1. The lowest BCUT2D eigenvalue weighted by molar-refractivity contribution is -0.116. The lowest BCUT2D eigenvalue weighted by atomic mass is 10.0. The minimum absolute atomic E-state index is 0.0659. The van der Waals surface area contributed by atoms with Crippen molar-refractivity contribution in [2.24, 2.45) is 11.7 Å². The molecule has 0 aliphatic rings. The minimum Gasteiger partial charge on any atom is -0.330 e. The number of benzene rings is 1. The van der Waals surface area contributed by atoms with Crippen molar-refractivity contribution in [3.63, 3.8) is 0 Å². The van der Waals surface area contributed by atoms with Crippen molar-refractivity contribution >= 4 is 27.5 Å². The van der Waals surface area contributed by atoms with E-state index in [2.05, 4.69) is 28.2 Å². The van der Waals surface area contributed by atoms with Gasteiger partial charge >= 0.3 is 0 Å². The Morgan fingerprint density at radius 2 is 2.00 bits per heavy atom. The van der Waals surface area contributed by atoms with E-state index in [-0.39, 0.29) is 5.91 Å². The van der Waals surface area contributed by atoms with E-state index in [4.69, 9.17) is 5.73 Å². The van der Waals surface area contributed by atoms with Crippen LogP contribution in [0.5, 0.6) is 0 Å². The molecule has 0 heterocycles. The molecule has 1 atom stereocenters. The number of rotatable bonds is 6. The van der Waals surface area contributed by atoms with Crippen molar-refractivity contribution in [3.8, 4) is 0 Å². The highest BCUT2D eigenvalue weighted by molar-refractivity contribution is 9.10. The molecule has 1 aromatic rings. The summed E-state index contributed by atoms with van der Waals surface area (Å²) in [6.45, 7) is 2.81. The molecule has 1 aromatic carbocycles. The van der Waals surface area contributed by atoms with Crippen LogP contribution in [-0.4, -0.2) is 12.5 Å². The Morgan fingerprint density at radius 3 is 2.59 bits per heavy atom. The number of carbonyl (C=O) groups excluding carboxylic acids is 1. The topological polar surface area (TPSA) is 55.1 Å². The highest BCUT2D eigenvalue weighted by atomic mass is 79.9. The van der Waals surface area contributed by atoms with Gasteiger partial charge in [-0.1, -0.05) is 22.9 Å². The van der Waals surface area contributed by atoms with Crippen LogP contribution in [0.25, 0.3) is 0 Å². The fourth-order valence-electron chi connectivity index (χ4n) is 1.56. The number of hydrogen-bond acceptors (Lipinski definition) is 2. The molecule has 0 saturated carbocycles. The van der Waals surface area contributed by atoms with Crippen molar-refractivity contribution in [2.45, 2.75) is 26.2 Å². The van der Waals surface area contributed by atoms with Gasteiger partial charge in [0.1, 0.15) is 0 Å². The van der Waals surface area contributed by atoms with E-state index >= 15 is 0 Å². The summed E-state index contributed by atoms with van der Waals surface area (Å²) in [6.07, 6.45) is 2.42. The molecule has 0 bridgehead atoms. The second-order valence-electron chi connectivity index (χ2n) is 4.28. The molecule has 0 radical (unpaired) electrons. The minimum atomic E-state index is 0.0659. The zero-order chi connectivity index (χ0) is 12.7. The van der Waals surface area contributed by atoms with Crippen molar-refractivity contribution in [3.05, 3.63) is 28.7 Å². The summed E-state index contributed by atoms with van der Waals surface area (Å²) < 4.78 is 1.01. The van der Waals surface area contributed by atoms with Crippen LogP contribution in [0.2, 0.25) is 0 Å². The third kappa shape index (κ3) is 5.84. The molecule has 0 fully saturated rings. The van der Waals surface area contributed by atoms with Crippen LogP contribution in [0, 0.1) is 5.92 Å². The molecule has 0 spiro atoms. The van der Waals surface area contributed by atoms with Crippen LogP contribution in [0.3, 0.4) is 0 Å². The Hall–Kier alpha value is -0.870. The maximum absolute atomic E-state index is 11.7. The van der Waals surface area contributed by atoms with Crippen LogP contribution in [0.4, 0.5) is 5.69 Å². The standard InChI is InChI=1S/C13H19BrN2O/c1-10(8-9-15)2-7-13(17)16-12-5-3-11(14)4-6-12/h3-6,10H,2,7-9,15H2,1H3,(H,16,17). The van der Waals surface area contributed by atoms with E-state index < -0.39 is 0 Å². The predicted molar refractivity (Wildman–Crippen MR) is 74.8 cm³/mol. The first-order chi connectivity index (χ1) is 8.11. The Labute approximate surface area is 111 Å². The van der Waals surface area contributed by atoms with E-state index in [0.29, 0.717) is 18.9 Å². The third-order valence-electron chi connectivity index (χ3n) is 2.65. The van der Waals surface area contributed by atoms with Gasteiger partial charge in [-0.2, -0.15) is 0 Å². The maximum atomic E-state index is 11.7. The van der Waals surface area contributed by atoms with E-state index in [1.807, 2.05) is 24.3 Å². The first kappa shape index (κ1) is 14.2. The Balaban J connectivity index is 2.32. The van der Waals surface area contributed by atoms with E-state index in [1.165, 1.54) is 0 Å². The number of nitrogens with two attached hydrogens (primary N) is 1. The van der Waals surface area contributed by atoms with E-state index in [1.54, 1.807) is 0 Å². The highest BCUT2D eigenvalue weighted by Gasteiger charge is 2.06. The van der Waals surface area contributed by atoms with Crippen molar-refractivity contribution < 1.29 is 4.79 Å². The largest absolute Gasteiger partial charge is 0.330 e. The lowest BCUT2D eigenvalue weighted by Gasteiger charge is -2.10. The van der Waals surface area contributed by atoms with Gasteiger partial charge in [-0.15, -0.1) is 0 Å². The fourth-order valence-corrected chi connectivity index (χ4v) is 1.83. The molecular formula is C13H19BrN2O. The van der Waals surface area contributed by atoms with Gasteiger partial charge in [0.05, 0.1) is 0 Å². The zero-order valence-electron chi connectivity index (χ0n) is 10.1. The Kier molecular flexibility index (Phi) is 6.22. The van der Waals surface area contributed by atoms with Crippen LogP contribution in [0.1, 0.15) is 26.2 Å². The molecule has 0 aliphatic heterocycles. The normalized spacial score (nSPS) is 12.2. The number of carbonyl (C=O) groups is 1. The maximum Gasteiger partial charge on any atom is 0.224 e. The molecule has 1 rings (SSSR count). The summed E-state index contributed by atoms with van der Waals surface area (Å²) in [5.41, 5.74) is 6.31. The van der Waals surface area contributed by atoms with E-state index in [0.717, 1.165) is 23.0 Å². The van der Waals surface area contributed by atoms with Gasteiger partial charge < -0.3 is 11.1 Å². The predicted octanol–water partition coefficient (Wildman–Crippen LogP) is 3.15. The van der Waals surface area contributed by atoms with Crippen molar-refractivity contribution in [1.82, 2.24) is 0 Å². The highest BCUT2D eigenvalue weighted by Crippen LogP contribution is 2.15. The lowest BCUT2D eigenvalue weighted by Crippen LogP contribution is -2.13. The zero-order valence-corrected chi connectivity index (χ0v) is 11.7. The van der Waals surface area contributed by atoms with Gasteiger partial charge in [-0.3, -0.25) is 4.79 Å². The van der Waals surface area contributed by atoms with Crippen LogP contribution < -0.4 is 11.1 Å². The van der Waals surface area contributed by atoms with Gasteiger partial charge in [0, 0.05) is 16.6 Å². The molecule has 0 aromatic heterocycles. The molecule has 3 N–H and O–H groups in total. The number of amides is 1. The van der Waals surface area contributed by atoms with Gasteiger partial charge in [0.25, 0.3) is 0 Å². The average Bonchev–Trinajstić information content (AvgIpc) is 2.30. The van der Waals surface area contributed by atoms with Crippen molar-refractivity contribution in [2.75, 3.05) is 11.9 Å². The Morgan fingerprint density at radius 1 is 1.35 bits per heavy atom. The summed E-state index contributed by atoms with van der Waals surface area (Å²) >= 11 is 3.35. The second kappa shape index (κ2) is 7.45. The van der Waals surface area contributed by atoms with Gasteiger partial charge in [0.15, 0.2) is 0 Å². The summed E-state index contributed by atoms with van der Waals surface area (Å²) in [7, 11) is 0. The summed E-state index contributed by atoms with van der Waals surface area (Å²) in [5, 5.41) is 2.88. The van der Waals surface area contributed by atoms with Crippen molar-refractivity contribution in [1.29, 1.82) is 0 Å². The monoisotopic (exact) mass is 298 g/mol. The first-order valence-corrected chi connectivity index (χ1v) is 6.66. The van der Waals surface area contributed by atoms with Crippen LogP contribution in [0.15, 0.2) is 28.7 Å². The summed E-state index contributed by atoms with van der Waals surface area (Å²) in [6, 6.07) is 7.58. The molecular weight excluding hydrogens is 280 g/mol. The summed E-state index contributed by atoms with van der Waals surface area (Å²) in [5.74, 6) is 0.576. The molecule has 94 valence electrons. The molecule has 0 saturated heterocycles. The SMILES string of the molecule is CC(CCN)CCC(=O)Nc1ccc(Br)cc1. The molecule has 3 nitrogen and oxygen atoms in total. The number of halogens is 1. The average molecular weight is 299 g/mol. The summed E-state index contributed by atoms with van der Waals surface area (Å²) in [4.78, 5) is 11.7. The Bertz CT molecular complexity index is 351. The quantitative estimate of drug-likeness (QED) is 0.847. The van der Waals surface area contributed by atoms with Crippen LogP contribution >= 0.6 is 15.9 Å². The second-order valence-corrected chi connectivity index (χ2v) is 5.19. The van der Waals surface area contributed by atoms with Gasteiger partial charge in [0.2, 0.25) is 5.91 Å². The smallest absolute Gasteiger partial charge is 0.224 e. The molecule has 0 aliphatic carbocycles. The van der Waals surface area contributed by atoms with E-state index in [9.17, 15) is 4.79 Å². The van der Waals surface area contributed by atoms with Gasteiger partial charge in [-0.05, 0) is 49.6 Å². The van der Waals surface area contributed by atoms with Gasteiger partial charge in [-0.25, -0.2) is 0 Å². The first-order valence-electron chi connectivity index (χ1n) is 5.87. The molecule has 4 heteroatoms. The molecule has 17 heavy (non-hydrogen) atoms. The molecule has 1 unspecified atom stereocenters. The number of anilines is 1. The molecule has 1 amide bonds. The fraction of sp³-hybridized carbons (Fsp3) is 0.462. The van der Waals surface area contributed by atoms with Crippen LogP contribution in [-0.2, 0) is 4.79 Å². The third-order valence-corrected chi connectivity index (χ3v) is 3.18.